The van der Waals surface area contributed by atoms with Crippen molar-refractivity contribution in [1.82, 2.24) is 0 Å². The summed E-state index contributed by atoms with van der Waals surface area (Å²) < 4.78 is 6.06. The lowest BCUT2D eigenvalue weighted by Crippen LogP contribution is -1.86. The lowest BCUT2D eigenvalue weighted by atomic mass is 10.1. The zero-order valence-corrected chi connectivity index (χ0v) is 10.5. The highest BCUT2D eigenvalue weighted by Gasteiger charge is 2.13. The number of aryl methyl sites for hydroxylation is 1. The van der Waals surface area contributed by atoms with Crippen LogP contribution in [-0.4, -0.2) is 0 Å². The normalized spacial score (nSPS) is 11.2. The van der Waals surface area contributed by atoms with E-state index in [1.165, 1.54) is 4.88 Å². The highest BCUT2D eigenvalue weighted by atomic mass is 35.5. The van der Waals surface area contributed by atoms with Crippen molar-refractivity contribution in [2.45, 2.75) is 13.5 Å². The van der Waals surface area contributed by atoms with E-state index in [-0.39, 0.29) is 0 Å². The number of fused-ring (bicyclic) bond motifs is 1. The van der Waals surface area contributed by atoms with E-state index < -0.39 is 0 Å². The van der Waals surface area contributed by atoms with Gasteiger partial charge in [0.2, 0.25) is 0 Å². The molecule has 0 unspecified atom stereocenters. The average molecular weight is 260 g/mol. The molecule has 1 heterocycles. The minimum atomic E-state index is 0.464. The van der Waals surface area contributed by atoms with Crippen molar-refractivity contribution in [3.63, 3.8) is 0 Å². The maximum atomic E-state index is 6.18. The monoisotopic (exact) mass is 259 g/mol. The topological polar surface area (TPSA) is 9.23 Å². The Morgan fingerprint density at radius 1 is 1.40 bits per heavy atom. The summed E-state index contributed by atoms with van der Waals surface area (Å²) in [6, 6.07) is 3.80. The van der Waals surface area contributed by atoms with Gasteiger partial charge < -0.3 is 4.74 Å². The van der Waals surface area contributed by atoms with Crippen molar-refractivity contribution >= 4 is 44.6 Å². The molecule has 2 aromatic rings. The van der Waals surface area contributed by atoms with E-state index in [1.54, 1.807) is 11.3 Å². The number of rotatable bonds is 2. The number of benzene rings is 1. The Bertz CT molecular complexity index is 505. The SMILES string of the molecule is [CH2]OCc1c(C)sc2ccc(Cl)c(Cl)c12. The Balaban J connectivity index is 2.77. The van der Waals surface area contributed by atoms with Gasteiger partial charge in [-0.3, -0.25) is 0 Å². The van der Waals surface area contributed by atoms with E-state index >= 15 is 0 Å². The van der Waals surface area contributed by atoms with Crippen LogP contribution < -0.4 is 0 Å². The average Bonchev–Trinajstić information content (AvgIpc) is 2.51. The van der Waals surface area contributed by atoms with Gasteiger partial charge in [-0.1, -0.05) is 23.2 Å². The minimum Gasteiger partial charge on any atom is -0.374 e. The van der Waals surface area contributed by atoms with Crippen LogP contribution in [-0.2, 0) is 11.3 Å². The van der Waals surface area contributed by atoms with Crippen molar-refractivity contribution in [3.05, 3.63) is 39.7 Å². The van der Waals surface area contributed by atoms with E-state index in [0.29, 0.717) is 16.7 Å². The maximum Gasteiger partial charge on any atom is 0.0735 e. The first-order valence-electron chi connectivity index (χ1n) is 4.38. The Hall–Kier alpha value is -0.280. The Morgan fingerprint density at radius 3 is 2.80 bits per heavy atom. The molecule has 2 rings (SSSR count). The van der Waals surface area contributed by atoms with E-state index in [1.807, 2.05) is 19.1 Å². The summed E-state index contributed by atoms with van der Waals surface area (Å²) in [4.78, 5) is 1.19. The van der Waals surface area contributed by atoms with Gasteiger partial charge in [0.15, 0.2) is 0 Å². The molecule has 15 heavy (non-hydrogen) atoms. The summed E-state index contributed by atoms with van der Waals surface area (Å²) in [5.74, 6) is 0. The molecule has 79 valence electrons. The molecule has 0 aliphatic carbocycles. The summed E-state index contributed by atoms with van der Waals surface area (Å²) in [6.45, 7) is 2.51. The smallest absolute Gasteiger partial charge is 0.0735 e. The summed E-state index contributed by atoms with van der Waals surface area (Å²) in [5, 5.41) is 2.17. The number of thiophene rings is 1. The Kier molecular flexibility index (Phi) is 3.21. The fourth-order valence-corrected chi connectivity index (χ4v) is 3.15. The highest BCUT2D eigenvalue weighted by Crippen LogP contribution is 2.39. The molecule has 0 spiro atoms. The van der Waals surface area contributed by atoms with Gasteiger partial charge >= 0.3 is 0 Å². The third-order valence-corrected chi connectivity index (χ3v) is 4.21. The van der Waals surface area contributed by atoms with Crippen LogP contribution in [0.5, 0.6) is 0 Å². The molecule has 0 saturated carbocycles. The predicted molar refractivity (Wildman–Crippen MR) is 66.7 cm³/mol. The van der Waals surface area contributed by atoms with Crippen molar-refractivity contribution in [1.29, 1.82) is 0 Å². The second-order valence-electron chi connectivity index (χ2n) is 3.22. The Labute approximate surface area is 103 Å². The molecule has 0 N–H and O–H groups in total. The number of ether oxygens (including phenoxy) is 1. The molecule has 1 radical (unpaired) electrons. The molecular weight excluding hydrogens is 251 g/mol. The largest absolute Gasteiger partial charge is 0.374 e. The van der Waals surface area contributed by atoms with Crippen molar-refractivity contribution in [2.75, 3.05) is 0 Å². The van der Waals surface area contributed by atoms with Crippen LogP contribution >= 0.6 is 34.5 Å². The molecule has 0 aliphatic heterocycles. The third-order valence-electron chi connectivity index (χ3n) is 2.29. The molecule has 4 heteroatoms. The van der Waals surface area contributed by atoms with E-state index in [0.717, 1.165) is 15.6 Å². The summed E-state index contributed by atoms with van der Waals surface area (Å²) in [7, 11) is 3.39. The van der Waals surface area contributed by atoms with Gasteiger partial charge in [0.05, 0.1) is 23.8 Å². The van der Waals surface area contributed by atoms with Crippen molar-refractivity contribution in [3.8, 4) is 0 Å². The molecule has 0 fully saturated rings. The fourth-order valence-electron chi connectivity index (χ4n) is 1.58. The predicted octanol–water partition coefficient (Wildman–Crippen LogP) is 4.82. The molecule has 1 aromatic carbocycles. The number of hydrogen-bond donors (Lipinski definition) is 0. The van der Waals surface area contributed by atoms with Crippen molar-refractivity contribution < 1.29 is 4.74 Å². The first-order chi connectivity index (χ1) is 7.15. The van der Waals surface area contributed by atoms with Crippen LogP contribution in [0.25, 0.3) is 10.1 Å². The molecule has 1 aromatic heterocycles. The molecule has 0 saturated heterocycles. The van der Waals surface area contributed by atoms with Gasteiger partial charge in [-0.15, -0.1) is 11.3 Å². The lowest BCUT2D eigenvalue weighted by Gasteiger charge is -2.02. The first-order valence-corrected chi connectivity index (χ1v) is 5.95. The molecule has 0 amide bonds. The van der Waals surface area contributed by atoms with Crippen LogP contribution in [0.2, 0.25) is 10.0 Å². The van der Waals surface area contributed by atoms with Crippen LogP contribution in [0.1, 0.15) is 10.4 Å². The first kappa shape index (κ1) is 11.2. The molecule has 0 atom stereocenters. The van der Waals surface area contributed by atoms with Gasteiger partial charge in [0.25, 0.3) is 0 Å². The van der Waals surface area contributed by atoms with Crippen LogP contribution in [0.15, 0.2) is 12.1 Å². The highest BCUT2D eigenvalue weighted by molar-refractivity contribution is 7.19. The van der Waals surface area contributed by atoms with E-state index in [4.69, 9.17) is 27.9 Å². The summed E-state index contributed by atoms with van der Waals surface area (Å²) in [6.07, 6.45) is 0. The van der Waals surface area contributed by atoms with Crippen LogP contribution in [0.4, 0.5) is 0 Å². The Morgan fingerprint density at radius 2 is 2.13 bits per heavy atom. The van der Waals surface area contributed by atoms with Crippen LogP contribution in [0, 0.1) is 14.0 Å². The lowest BCUT2D eigenvalue weighted by molar-refractivity contribution is 0.230. The second kappa shape index (κ2) is 4.30. The zero-order valence-electron chi connectivity index (χ0n) is 8.14. The van der Waals surface area contributed by atoms with E-state index in [9.17, 15) is 0 Å². The van der Waals surface area contributed by atoms with E-state index in [2.05, 4.69) is 7.11 Å². The quantitative estimate of drug-likeness (QED) is 0.751. The minimum absolute atomic E-state index is 0.464. The van der Waals surface area contributed by atoms with Gasteiger partial charge in [0.1, 0.15) is 0 Å². The van der Waals surface area contributed by atoms with Gasteiger partial charge in [-0.05, 0) is 19.1 Å². The van der Waals surface area contributed by atoms with Gasteiger partial charge in [0, 0.05) is 20.5 Å². The second-order valence-corrected chi connectivity index (χ2v) is 5.26. The number of halogens is 2. The van der Waals surface area contributed by atoms with Crippen molar-refractivity contribution in [2.24, 2.45) is 0 Å². The van der Waals surface area contributed by atoms with Gasteiger partial charge in [-0.25, -0.2) is 0 Å². The van der Waals surface area contributed by atoms with Gasteiger partial charge in [-0.2, -0.15) is 0 Å². The molecule has 1 nitrogen and oxygen atoms in total. The molecule has 0 bridgehead atoms. The third kappa shape index (κ3) is 1.87. The molecular formula is C11H9Cl2OS. The summed E-state index contributed by atoms with van der Waals surface area (Å²) in [5.41, 5.74) is 1.08. The number of hydrogen-bond acceptors (Lipinski definition) is 2. The fraction of sp³-hybridized carbons (Fsp3) is 0.182. The molecule has 0 aliphatic rings. The zero-order chi connectivity index (χ0) is 11.0. The summed E-state index contributed by atoms with van der Waals surface area (Å²) >= 11 is 13.9. The standard InChI is InChI=1S/C11H9Cl2OS/c1-6-7(5-14-2)10-9(15-6)4-3-8(12)11(10)13/h3-4H,2,5H2,1H3. The maximum absolute atomic E-state index is 6.18. The van der Waals surface area contributed by atoms with Crippen LogP contribution in [0.3, 0.4) is 0 Å².